The Balaban J connectivity index is 2.46. The van der Waals surface area contributed by atoms with Crippen LogP contribution in [0.3, 0.4) is 0 Å². The molecule has 1 heterocycles. The van der Waals surface area contributed by atoms with E-state index in [4.69, 9.17) is 10.1 Å². The summed E-state index contributed by atoms with van der Waals surface area (Å²) in [5.41, 5.74) is 2.10. The number of hydrogen-bond donors (Lipinski definition) is 2. The Bertz CT molecular complexity index is 818. The molecule has 0 radical (unpaired) electrons. The number of carbonyl (C=O) groups is 1. The van der Waals surface area contributed by atoms with Gasteiger partial charge in [-0.25, -0.2) is 19.2 Å². The smallest absolute Gasteiger partial charge is 0.278 e. The summed E-state index contributed by atoms with van der Waals surface area (Å²) in [6.45, 7) is 3.57. The maximum Gasteiger partial charge on any atom is 0.278 e. The number of aromatic nitrogens is 1. The standard InChI is InChI=1S/C16H14F2N4O2/c1-3-24-22-16(23)10-7-12(18)14(8-19)21-15(10)20-13-5-4-9(2)6-11(13)17/h4-7H,3H2,1-2H3,(H,20,21)(H,22,23). The van der Waals surface area contributed by atoms with Gasteiger partial charge in [-0.3, -0.25) is 9.63 Å². The highest BCUT2D eigenvalue weighted by Crippen LogP contribution is 2.24. The van der Waals surface area contributed by atoms with Crippen LogP contribution in [0.4, 0.5) is 20.3 Å². The molecule has 0 aliphatic rings. The lowest BCUT2D eigenvalue weighted by Gasteiger charge is -2.12. The highest BCUT2D eigenvalue weighted by Gasteiger charge is 2.19. The van der Waals surface area contributed by atoms with Crippen molar-refractivity contribution in [3.05, 3.63) is 52.7 Å². The second-order valence-corrected chi connectivity index (χ2v) is 4.80. The zero-order valence-electron chi connectivity index (χ0n) is 13.0. The molecule has 0 saturated heterocycles. The molecular formula is C16H14F2N4O2. The first-order valence-corrected chi connectivity index (χ1v) is 7.02. The van der Waals surface area contributed by atoms with Gasteiger partial charge in [-0.1, -0.05) is 6.07 Å². The van der Waals surface area contributed by atoms with Gasteiger partial charge in [0.05, 0.1) is 17.9 Å². The number of benzene rings is 1. The van der Waals surface area contributed by atoms with Gasteiger partial charge in [0.25, 0.3) is 5.91 Å². The monoisotopic (exact) mass is 332 g/mol. The van der Waals surface area contributed by atoms with E-state index < -0.39 is 23.2 Å². The van der Waals surface area contributed by atoms with Crippen LogP contribution < -0.4 is 10.8 Å². The summed E-state index contributed by atoms with van der Waals surface area (Å²) in [4.78, 5) is 20.6. The van der Waals surface area contributed by atoms with Crippen LogP contribution in [-0.2, 0) is 4.84 Å². The lowest BCUT2D eigenvalue weighted by atomic mass is 10.2. The zero-order valence-corrected chi connectivity index (χ0v) is 13.0. The second kappa shape index (κ2) is 7.48. The predicted molar refractivity (Wildman–Crippen MR) is 82.4 cm³/mol. The minimum atomic E-state index is -0.964. The molecule has 1 amide bonds. The molecule has 8 heteroatoms. The molecule has 6 nitrogen and oxygen atoms in total. The topological polar surface area (TPSA) is 87.0 Å². The van der Waals surface area contributed by atoms with E-state index in [1.807, 2.05) is 0 Å². The molecule has 124 valence electrons. The van der Waals surface area contributed by atoms with Crippen LogP contribution in [0.2, 0.25) is 0 Å². The van der Waals surface area contributed by atoms with E-state index in [-0.39, 0.29) is 23.7 Å². The maximum atomic E-state index is 14.0. The van der Waals surface area contributed by atoms with Crippen LogP contribution in [0.15, 0.2) is 24.3 Å². The van der Waals surface area contributed by atoms with Crippen molar-refractivity contribution < 1.29 is 18.4 Å². The normalized spacial score (nSPS) is 10.1. The summed E-state index contributed by atoms with van der Waals surface area (Å²) >= 11 is 0. The number of pyridine rings is 1. The number of halogens is 2. The predicted octanol–water partition coefficient (Wildman–Crippen LogP) is 2.96. The van der Waals surface area contributed by atoms with E-state index in [2.05, 4.69) is 15.8 Å². The van der Waals surface area contributed by atoms with Crippen molar-refractivity contribution in [2.24, 2.45) is 0 Å². The Morgan fingerprint density at radius 1 is 1.33 bits per heavy atom. The van der Waals surface area contributed by atoms with E-state index in [1.165, 1.54) is 12.1 Å². The van der Waals surface area contributed by atoms with Crippen molar-refractivity contribution in [3.63, 3.8) is 0 Å². The molecule has 0 bridgehead atoms. The van der Waals surface area contributed by atoms with Crippen LogP contribution in [0.5, 0.6) is 0 Å². The average Bonchev–Trinajstić information content (AvgIpc) is 2.56. The van der Waals surface area contributed by atoms with Crippen molar-refractivity contribution in [3.8, 4) is 6.07 Å². The lowest BCUT2D eigenvalue weighted by Crippen LogP contribution is -2.25. The quantitative estimate of drug-likeness (QED) is 0.822. The van der Waals surface area contributed by atoms with Crippen LogP contribution in [0, 0.1) is 29.9 Å². The Morgan fingerprint density at radius 2 is 2.08 bits per heavy atom. The molecule has 1 aromatic heterocycles. The fraction of sp³-hybridized carbons (Fsp3) is 0.188. The summed E-state index contributed by atoms with van der Waals surface area (Å²) < 4.78 is 27.8. The molecule has 0 saturated carbocycles. The minimum absolute atomic E-state index is 0.0362. The molecule has 24 heavy (non-hydrogen) atoms. The van der Waals surface area contributed by atoms with E-state index >= 15 is 0 Å². The van der Waals surface area contributed by atoms with Crippen LogP contribution in [-0.4, -0.2) is 17.5 Å². The molecule has 2 N–H and O–H groups in total. The number of rotatable bonds is 5. The molecule has 0 atom stereocenters. The van der Waals surface area contributed by atoms with E-state index in [0.717, 1.165) is 6.07 Å². The highest BCUT2D eigenvalue weighted by atomic mass is 19.1. The summed E-state index contributed by atoms with van der Waals surface area (Å²) in [6, 6.07) is 6.81. The zero-order chi connectivity index (χ0) is 17.7. The Labute approximate surface area is 137 Å². The number of nitriles is 1. The Kier molecular flexibility index (Phi) is 5.39. The molecule has 0 spiro atoms. The summed E-state index contributed by atoms with van der Waals surface area (Å²) in [6.07, 6.45) is 0. The molecule has 0 fully saturated rings. The van der Waals surface area contributed by atoms with Gasteiger partial charge in [-0.15, -0.1) is 0 Å². The number of nitrogens with zero attached hydrogens (tertiary/aromatic N) is 2. The van der Waals surface area contributed by atoms with Gasteiger partial charge in [-0.2, -0.15) is 5.26 Å². The van der Waals surface area contributed by atoms with E-state index in [9.17, 15) is 13.6 Å². The minimum Gasteiger partial charge on any atom is -0.337 e. The first kappa shape index (κ1) is 17.3. The summed E-state index contributed by atoms with van der Waals surface area (Å²) in [5.74, 6) is -2.47. The first-order chi connectivity index (χ1) is 11.5. The third-order valence-corrected chi connectivity index (χ3v) is 3.01. The van der Waals surface area contributed by atoms with Gasteiger partial charge in [0.15, 0.2) is 11.5 Å². The van der Waals surface area contributed by atoms with Crippen molar-refractivity contribution in [1.29, 1.82) is 5.26 Å². The van der Waals surface area contributed by atoms with Gasteiger partial charge in [0.2, 0.25) is 0 Å². The van der Waals surface area contributed by atoms with Crippen LogP contribution >= 0.6 is 0 Å². The molecule has 2 aromatic rings. The van der Waals surface area contributed by atoms with Crippen molar-refractivity contribution in [2.45, 2.75) is 13.8 Å². The number of hydroxylamine groups is 1. The third kappa shape index (κ3) is 3.83. The maximum absolute atomic E-state index is 14.0. The van der Waals surface area contributed by atoms with Crippen molar-refractivity contribution in [2.75, 3.05) is 11.9 Å². The third-order valence-electron chi connectivity index (χ3n) is 3.01. The van der Waals surface area contributed by atoms with E-state index in [0.29, 0.717) is 5.56 Å². The van der Waals surface area contributed by atoms with Crippen molar-refractivity contribution in [1.82, 2.24) is 10.5 Å². The largest absolute Gasteiger partial charge is 0.337 e. The number of carbonyl (C=O) groups excluding carboxylic acids is 1. The van der Waals surface area contributed by atoms with Gasteiger partial charge in [-0.05, 0) is 37.6 Å². The SMILES string of the molecule is CCONC(=O)c1cc(F)c(C#N)nc1Nc1ccc(C)cc1F. The Morgan fingerprint density at radius 3 is 2.71 bits per heavy atom. The van der Waals surface area contributed by atoms with E-state index in [1.54, 1.807) is 26.0 Å². The number of nitrogens with one attached hydrogen (secondary N) is 2. The lowest BCUT2D eigenvalue weighted by molar-refractivity contribution is 0.0364. The molecule has 1 aromatic carbocycles. The first-order valence-electron chi connectivity index (χ1n) is 7.02. The number of anilines is 2. The molecule has 0 aliphatic carbocycles. The highest BCUT2D eigenvalue weighted by molar-refractivity contribution is 5.99. The fourth-order valence-corrected chi connectivity index (χ4v) is 1.88. The number of hydrogen-bond acceptors (Lipinski definition) is 5. The second-order valence-electron chi connectivity index (χ2n) is 4.80. The Hall–Kier alpha value is -3.05. The molecular weight excluding hydrogens is 318 g/mol. The molecule has 0 aliphatic heterocycles. The summed E-state index contributed by atoms with van der Waals surface area (Å²) in [5, 5.41) is 11.5. The molecule has 2 rings (SSSR count). The van der Waals surface area contributed by atoms with Crippen LogP contribution in [0.25, 0.3) is 0 Å². The van der Waals surface area contributed by atoms with Gasteiger partial charge >= 0.3 is 0 Å². The summed E-state index contributed by atoms with van der Waals surface area (Å²) in [7, 11) is 0. The number of aryl methyl sites for hydroxylation is 1. The number of amides is 1. The average molecular weight is 332 g/mol. The fourth-order valence-electron chi connectivity index (χ4n) is 1.88. The van der Waals surface area contributed by atoms with Crippen molar-refractivity contribution >= 4 is 17.4 Å². The molecule has 0 unspecified atom stereocenters. The van der Waals surface area contributed by atoms with Gasteiger partial charge in [0, 0.05) is 0 Å². The van der Waals surface area contributed by atoms with Crippen LogP contribution in [0.1, 0.15) is 28.5 Å². The van der Waals surface area contributed by atoms with Gasteiger partial charge in [0.1, 0.15) is 17.7 Å². The van der Waals surface area contributed by atoms with Gasteiger partial charge < -0.3 is 5.32 Å².